The summed E-state index contributed by atoms with van der Waals surface area (Å²) >= 11 is 0. The zero-order valence-corrected chi connectivity index (χ0v) is 12.0. The molecule has 2 rings (SSSR count). The number of hydrogen-bond acceptors (Lipinski definition) is 2. The van der Waals surface area contributed by atoms with E-state index in [1.807, 2.05) is 0 Å². The molecule has 1 aliphatic carbocycles. The molecule has 1 fully saturated rings. The van der Waals surface area contributed by atoms with Crippen LogP contribution in [-0.2, 0) is 0 Å². The van der Waals surface area contributed by atoms with Gasteiger partial charge in [0.1, 0.15) is 5.75 Å². The number of nitrogens with one attached hydrogen (secondary N) is 1. The lowest BCUT2D eigenvalue weighted by Crippen LogP contribution is -2.29. The van der Waals surface area contributed by atoms with E-state index in [0.29, 0.717) is 11.5 Å². The summed E-state index contributed by atoms with van der Waals surface area (Å²) in [7, 11) is 1.76. The normalized spacial score (nSPS) is 18.4. The molecule has 0 heterocycles. The number of benzene rings is 1. The molecule has 0 saturated heterocycles. The van der Waals surface area contributed by atoms with Gasteiger partial charge in [0.15, 0.2) is 0 Å². The van der Waals surface area contributed by atoms with Gasteiger partial charge in [-0.05, 0) is 44.2 Å². The fraction of sp³-hybridized carbons (Fsp3) is 0.625. The van der Waals surface area contributed by atoms with E-state index < -0.39 is 0 Å². The Morgan fingerprint density at radius 1 is 1.39 bits per heavy atom. The highest BCUT2D eigenvalue weighted by molar-refractivity contribution is 5.41. The summed E-state index contributed by atoms with van der Waals surface area (Å²) in [6, 6.07) is 6.91. The topological polar surface area (TPSA) is 21.3 Å². The van der Waals surface area contributed by atoms with Crippen molar-refractivity contribution in [3.8, 4) is 5.75 Å². The summed E-state index contributed by atoms with van der Waals surface area (Å²) in [5.41, 5.74) is 3.04. The first kappa shape index (κ1) is 13.4. The summed E-state index contributed by atoms with van der Waals surface area (Å²) in [6.45, 7) is 7.81. The first-order valence-electron chi connectivity index (χ1n) is 6.98. The molecule has 2 heteroatoms. The molecule has 2 nitrogen and oxygen atoms in total. The van der Waals surface area contributed by atoms with Gasteiger partial charge < -0.3 is 10.1 Å². The standard InChI is InChI=1S/C16H25NO/c1-5-10-17-15(16(3)8-9-16)13-11-12(2)6-7-14(13)18-4/h6-7,11,15,17H,5,8-10H2,1-4H3. The Labute approximate surface area is 111 Å². The molecule has 1 unspecified atom stereocenters. The van der Waals surface area contributed by atoms with Gasteiger partial charge in [-0.3, -0.25) is 0 Å². The number of aryl methyl sites for hydroxylation is 1. The maximum absolute atomic E-state index is 5.54. The van der Waals surface area contributed by atoms with Crippen LogP contribution in [0.25, 0.3) is 0 Å². The quantitative estimate of drug-likeness (QED) is 0.824. The van der Waals surface area contributed by atoms with Crippen LogP contribution in [0.3, 0.4) is 0 Å². The van der Waals surface area contributed by atoms with Crippen LogP contribution in [0.1, 0.15) is 50.3 Å². The van der Waals surface area contributed by atoms with Gasteiger partial charge in [-0.25, -0.2) is 0 Å². The molecule has 1 aliphatic rings. The molecule has 1 aromatic rings. The number of rotatable bonds is 6. The maximum Gasteiger partial charge on any atom is 0.123 e. The third-order valence-electron chi connectivity index (χ3n) is 4.03. The molecule has 0 aliphatic heterocycles. The molecule has 1 N–H and O–H groups in total. The van der Waals surface area contributed by atoms with E-state index in [2.05, 4.69) is 44.3 Å². The Kier molecular flexibility index (Phi) is 3.96. The zero-order chi connectivity index (χ0) is 13.2. The molecular weight excluding hydrogens is 222 g/mol. The lowest BCUT2D eigenvalue weighted by atomic mass is 9.90. The third kappa shape index (κ3) is 2.69. The smallest absolute Gasteiger partial charge is 0.123 e. The van der Waals surface area contributed by atoms with E-state index >= 15 is 0 Å². The molecule has 18 heavy (non-hydrogen) atoms. The van der Waals surface area contributed by atoms with E-state index in [4.69, 9.17) is 4.74 Å². The van der Waals surface area contributed by atoms with Crippen LogP contribution < -0.4 is 10.1 Å². The highest BCUT2D eigenvalue weighted by Gasteiger charge is 2.46. The highest BCUT2D eigenvalue weighted by Crippen LogP contribution is 2.55. The van der Waals surface area contributed by atoms with Gasteiger partial charge in [0.25, 0.3) is 0 Å². The van der Waals surface area contributed by atoms with E-state index in [1.165, 1.54) is 30.4 Å². The van der Waals surface area contributed by atoms with Crippen molar-refractivity contribution >= 4 is 0 Å². The van der Waals surface area contributed by atoms with Gasteiger partial charge in [-0.2, -0.15) is 0 Å². The van der Waals surface area contributed by atoms with Crippen molar-refractivity contribution < 1.29 is 4.74 Å². The summed E-state index contributed by atoms with van der Waals surface area (Å²) in [4.78, 5) is 0. The van der Waals surface area contributed by atoms with Crippen LogP contribution in [0, 0.1) is 12.3 Å². The van der Waals surface area contributed by atoms with Crippen LogP contribution in [-0.4, -0.2) is 13.7 Å². The van der Waals surface area contributed by atoms with E-state index in [-0.39, 0.29) is 0 Å². The van der Waals surface area contributed by atoms with Gasteiger partial charge in [-0.1, -0.05) is 31.5 Å². The molecule has 0 spiro atoms. The third-order valence-corrected chi connectivity index (χ3v) is 4.03. The van der Waals surface area contributed by atoms with Crippen molar-refractivity contribution in [3.05, 3.63) is 29.3 Å². The molecule has 0 aromatic heterocycles. The monoisotopic (exact) mass is 247 g/mol. The molecule has 0 amide bonds. The largest absolute Gasteiger partial charge is 0.496 e. The minimum absolute atomic E-state index is 0.413. The van der Waals surface area contributed by atoms with Gasteiger partial charge >= 0.3 is 0 Å². The fourth-order valence-electron chi connectivity index (χ4n) is 2.59. The van der Waals surface area contributed by atoms with Crippen LogP contribution in [0.2, 0.25) is 0 Å². The second kappa shape index (κ2) is 5.31. The van der Waals surface area contributed by atoms with Gasteiger partial charge in [-0.15, -0.1) is 0 Å². The summed E-state index contributed by atoms with van der Waals surface area (Å²) < 4.78 is 5.54. The molecule has 1 saturated carbocycles. The Morgan fingerprint density at radius 3 is 2.67 bits per heavy atom. The predicted octanol–water partition coefficient (Wildman–Crippen LogP) is 3.84. The fourth-order valence-corrected chi connectivity index (χ4v) is 2.59. The van der Waals surface area contributed by atoms with Crippen LogP contribution in [0.5, 0.6) is 5.75 Å². The minimum Gasteiger partial charge on any atom is -0.496 e. The second-order valence-corrected chi connectivity index (χ2v) is 5.79. The Hall–Kier alpha value is -1.02. The van der Waals surface area contributed by atoms with Crippen LogP contribution >= 0.6 is 0 Å². The average molecular weight is 247 g/mol. The first-order valence-corrected chi connectivity index (χ1v) is 6.98. The van der Waals surface area contributed by atoms with Crippen molar-refractivity contribution in [2.45, 2.75) is 46.1 Å². The van der Waals surface area contributed by atoms with Crippen molar-refractivity contribution in [3.63, 3.8) is 0 Å². The van der Waals surface area contributed by atoms with Crippen molar-refractivity contribution in [2.24, 2.45) is 5.41 Å². The van der Waals surface area contributed by atoms with Crippen LogP contribution in [0.4, 0.5) is 0 Å². The lowest BCUT2D eigenvalue weighted by Gasteiger charge is -2.27. The molecule has 100 valence electrons. The lowest BCUT2D eigenvalue weighted by molar-refractivity contribution is 0.343. The van der Waals surface area contributed by atoms with Crippen molar-refractivity contribution in [1.82, 2.24) is 5.32 Å². The SMILES string of the molecule is CCCNC(c1cc(C)ccc1OC)C1(C)CC1. The minimum atomic E-state index is 0.413. The second-order valence-electron chi connectivity index (χ2n) is 5.79. The van der Waals surface area contributed by atoms with E-state index in [0.717, 1.165) is 12.3 Å². The van der Waals surface area contributed by atoms with E-state index in [9.17, 15) is 0 Å². The molecule has 0 bridgehead atoms. The van der Waals surface area contributed by atoms with E-state index in [1.54, 1.807) is 7.11 Å². The Balaban J connectivity index is 2.31. The molecule has 1 atom stereocenters. The highest BCUT2D eigenvalue weighted by atomic mass is 16.5. The number of hydrogen-bond donors (Lipinski definition) is 1. The summed E-state index contributed by atoms with van der Waals surface area (Å²) in [5.74, 6) is 1.02. The summed E-state index contributed by atoms with van der Waals surface area (Å²) in [5, 5.41) is 3.71. The van der Waals surface area contributed by atoms with Gasteiger partial charge in [0, 0.05) is 11.6 Å². The Bertz CT molecular complexity index is 410. The number of methoxy groups -OCH3 is 1. The number of ether oxygens (including phenoxy) is 1. The molecule has 1 aromatic carbocycles. The van der Waals surface area contributed by atoms with Gasteiger partial charge in [0.2, 0.25) is 0 Å². The summed E-state index contributed by atoms with van der Waals surface area (Å²) in [6.07, 6.45) is 3.79. The van der Waals surface area contributed by atoms with Gasteiger partial charge in [0.05, 0.1) is 7.11 Å². The zero-order valence-electron chi connectivity index (χ0n) is 12.0. The average Bonchev–Trinajstić information content (AvgIpc) is 3.09. The predicted molar refractivity (Wildman–Crippen MR) is 76.1 cm³/mol. The molecule has 0 radical (unpaired) electrons. The van der Waals surface area contributed by atoms with Crippen molar-refractivity contribution in [1.29, 1.82) is 0 Å². The Morgan fingerprint density at radius 2 is 2.11 bits per heavy atom. The first-order chi connectivity index (χ1) is 8.60. The maximum atomic E-state index is 5.54. The van der Waals surface area contributed by atoms with Crippen LogP contribution in [0.15, 0.2) is 18.2 Å². The molecular formula is C16H25NO. The van der Waals surface area contributed by atoms with Crippen molar-refractivity contribution in [2.75, 3.05) is 13.7 Å².